The fourth-order valence-corrected chi connectivity index (χ4v) is 1.38. The second-order valence-electron chi connectivity index (χ2n) is 3.77. The van der Waals surface area contributed by atoms with E-state index in [2.05, 4.69) is 65.8 Å². The molecule has 0 radical (unpaired) electrons. The van der Waals surface area contributed by atoms with Crippen LogP contribution in [0.1, 0.15) is 31.2 Å². The first-order valence-corrected chi connectivity index (χ1v) is 5.76. The number of rotatable bonds is 3. The van der Waals surface area contributed by atoms with Crippen molar-refractivity contribution in [1.82, 2.24) is 4.98 Å². The van der Waals surface area contributed by atoms with E-state index in [4.69, 9.17) is 0 Å². The topological polar surface area (TPSA) is 16.1 Å². The minimum Gasteiger partial charge on any atom is -0.357 e. The number of aromatic nitrogens is 1. The molecule has 0 unspecified atom stereocenters. The molecule has 14 heavy (non-hydrogen) atoms. The van der Waals surface area contributed by atoms with E-state index in [9.17, 15) is 0 Å². The number of hydrogen-bond donors (Lipinski definition) is 0. The third kappa shape index (κ3) is 2.71. The van der Waals surface area contributed by atoms with E-state index in [-0.39, 0.29) is 0 Å². The normalized spacial score (nSPS) is 13.0. The zero-order chi connectivity index (χ0) is 10.7. The van der Waals surface area contributed by atoms with Gasteiger partial charge in [0, 0.05) is 24.1 Å². The minimum absolute atomic E-state index is 0.369. The molecule has 1 aromatic heterocycles. The SMILES string of the molecule is CC(C)N(C)c1ccc([C@H](C)Br)cn1. The first kappa shape index (κ1) is 11.5. The maximum absolute atomic E-state index is 4.42. The van der Waals surface area contributed by atoms with Gasteiger partial charge >= 0.3 is 0 Å². The van der Waals surface area contributed by atoms with Crippen molar-refractivity contribution in [3.63, 3.8) is 0 Å². The van der Waals surface area contributed by atoms with Crippen molar-refractivity contribution in [2.75, 3.05) is 11.9 Å². The highest BCUT2D eigenvalue weighted by Crippen LogP contribution is 2.22. The molecule has 0 bridgehead atoms. The molecule has 3 heteroatoms. The number of halogens is 1. The van der Waals surface area contributed by atoms with Crippen molar-refractivity contribution in [3.05, 3.63) is 23.9 Å². The summed E-state index contributed by atoms with van der Waals surface area (Å²) in [6.07, 6.45) is 1.92. The Morgan fingerprint density at radius 1 is 1.29 bits per heavy atom. The van der Waals surface area contributed by atoms with Crippen LogP contribution in [0, 0.1) is 0 Å². The summed E-state index contributed by atoms with van der Waals surface area (Å²) in [7, 11) is 2.06. The van der Waals surface area contributed by atoms with Gasteiger partial charge in [0.15, 0.2) is 0 Å². The summed E-state index contributed by atoms with van der Waals surface area (Å²) in [6, 6.07) is 4.66. The molecule has 0 aliphatic carbocycles. The third-order valence-electron chi connectivity index (χ3n) is 2.37. The predicted octanol–water partition coefficient (Wildman–Crippen LogP) is 3.38. The van der Waals surface area contributed by atoms with Crippen LogP contribution in [0.4, 0.5) is 5.82 Å². The molecule has 1 rings (SSSR count). The molecule has 0 fully saturated rings. The van der Waals surface area contributed by atoms with E-state index >= 15 is 0 Å². The van der Waals surface area contributed by atoms with Crippen molar-refractivity contribution in [2.24, 2.45) is 0 Å². The summed E-state index contributed by atoms with van der Waals surface area (Å²) in [6.45, 7) is 6.41. The quantitative estimate of drug-likeness (QED) is 0.771. The van der Waals surface area contributed by atoms with E-state index < -0.39 is 0 Å². The summed E-state index contributed by atoms with van der Waals surface area (Å²) in [5.74, 6) is 1.02. The van der Waals surface area contributed by atoms with Crippen LogP contribution in [0.25, 0.3) is 0 Å². The zero-order valence-corrected chi connectivity index (χ0v) is 10.7. The monoisotopic (exact) mass is 256 g/mol. The molecule has 0 spiro atoms. The van der Waals surface area contributed by atoms with Crippen LogP contribution in [0.3, 0.4) is 0 Å². The summed E-state index contributed by atoms with van der Waals surface area (Å²) >= 11 is 3.52. The Bertz CT molecular complexity index is 280. The van der Waals surface area contributed by atoms with Crippen molar-refractivity contribution < 1.29 is 0 Å². The molecule has 2 nitrogen and oxygen atoms in total. The first-order chi connectivity index (χ1) is 6.52. The number of nitrogens with zero attached hydrogens (tertiary/aromatic N) is 2. The molecule has 0 saturated heterocycles. The molecular weight excluding hydrogens is 240 g/mol. The van der Waals surface area contributed by atoms with Crippen LogP contribution >= 0.6 is 15.9 Å². The van der Waals surface area contributed by atoms with Gasteiger partial charge in [0.05, 0.1) is 0 Å². The van der Waals surface area contributed by atoms with Crippen LogP contribution in [0.5, 0.6) is 0 Å². The summed E-state index contributed by atoms with van der Waals surface area (Å²) in [5, 5.41) is 0. The Kier molecular flexibility index (Phi) is 3.93. The van der Waals surface area contributed by atoms with Gasteiger partial charge in [-0.15, -0.1) is 0 Å². The lowest BCUT2D eigenvalue weighted by molar-refractivity contribution is 0.742. The van der Waals surface area contributed by atoms with E-state index in [1.165, 1.54) is 5.56 Å². The lowest BCUT2D eigenvalue weighted by Gasteiger charge is -2.22. The van der Waals surface area contributed by atoms with Gasteiger partial charge in [0.2, 0.25) is 0 Å². The van der Waals surface area contributed by atoms with Gasteiger partial charge in [-0.3, -0.25) is 0 Å². The average Bonchev–Trinajstić information content (AvgIpc) is 2.16. The van der Waals surface area contributed by atoms with Crippen molar-refractivity contribution in [2.45, 2.75) is 31.6 Å². The Hall–Kier alpha value is -0.570. The van der Waals surface area contributed by atoms with Crippen LogP contribution in [0.2, 0.25) is 0 Å². The smallest absolute Gasteiger partial charge is 0.128 e. The third-order valence-corrected chi connectivity index (χ3v) is 2.89. The number of pyridine rings is 1. The summed E-state index contributed by atoms with van der Waals surface area (Å²) < 4.78 is 0. The van der Waals surface area contributed by atoms with Gasteiger partial charge in [0.25, 0.3) is 0 Å². The Balaban J connectivity index is 2.83. The fourth-order valence-electron chi connectivity index (χ4n) is 1.11. The van der Waals surface area contributed by atoms with E-state index in [1.807, 2.05) is 6.20 Å². The lowest BCUT2D eigenvalue weighted by Crippen LogP contribution is -2.26. The van der Waals surface area contributed by atoms with Gasteiger partial charge < -0.3 is 4.90 Å². The van der Waals surface area contributed by atoms with Crippen LogP contribution in [-0.2, 0) is 0 Å². The number of hydrogen-bond acceptors (Lipinski definition) is 2. The second kappa shape index (κ2) is 4.78. The fraction of sp³-hybridized carbons (Fsp3) is 0.545. The molecule has 0 aromatic carbocycles. The lowest BCUT2D eigenvalue weighted by atomic mass is 10.2. The molecule has 1 atom stereocenters. The highest BCUT2D eigenvalue weighted by Gasteiger charge is 2.07. The molecule has 0 aliphatic rings. The minimum atomic E-state index is 0.369. The average molecular weight is 257 g/mol. The molecule has 78 valence electrons. The highest BCUT2D eigenvalue weighted by molar-refractivity contribution is 9.09. The highest BCUT2D eigenvalue weighted by atomic mass is 79.9. The van der Waals surface area contributed by atoms with Gasteiger partial charge in [-0.25, -0.2) is 4.98 Å². The molecular formula is C11H17BrN2. The standard InChI is InChI=1S/C11H17BrN2/c1-8(2)14(4)11-6-5-10(7-13-11)9(3)12/h5-9H,1-4H3/t9-/m0/s1. The van der Waals surface area contributed by atoms with Crippen LogP contribution in [0.15, 0.2) is 18.3 Å². The van der Waals surface area contributed by atoms with Gasteiger partial charge in [-0.2, -0.15) is 0 Å². The zero-order valence-electron chi connectivity index (χ0n) is 9.16. The van der Waals surface area contributed by atoms with Crippen molar-refractivity contribution in [1.29, 1.82) is 0 Å². The van der Waals surface area contributed by atoms with Crippen LogP contribution < -0.4 is 4.90 Å². The van der Waals surface area contributed by atoms with E-state index in [0.29, 0.717) is 10.9 Å². The Morgan fingerprint density at radius 2 is 1.93 bits per heavy atom. The summed E-state index contributed by atoms with van der Waals surface area (Å²) in [4.78, 5) is 6.94. The van der Waals surface area contributed by atoms with E-state index in [1.54, 1.807) is 0 Å². The molecule has 0 aliphatic heterocycles. The number of alkyl halides is 1. The first-order valence-electron chi connectivity index (χ1n) is 4.85. The summed E-state index contributed by atoms with van der Waals surface area (Å²) in [5.41, 5.74) is 1.21. The molecule has 0 amide bonds. The Labute approximate surface area is 94.5 Å². The van der Waals surface area contributed by atoms with Gasteiger partial charge in [0.1, 0.15) is 5.82 Å². The second-order valence-corrected chi connectivity index (χ2v) is 5.14. The maximum Gasteiger partial charge on any atom is 0.128 e. The number of anilines is 1. The Morgan fingerprint density at radius 3 is 2.29 bits per heavy atom. The molecule has 1 aromatic rings. The van der Waals surface area contributed by atoms with Crippen LogP contribution in [-0.4, -0.2) is 18.1 Å². The molecule has 1 heterocycles. The van der Waals surface area contributed by atoms with Gasteiger partial charge in [-0.05, 0) is 32.4 Å². The molecule has 0 saturated carbocycles. The predicted molar refractivity (Wildman–Crippen MR) is 65.1 cm³/mol. The van der Waals surface area contributed by atoms with Crippen molar-refractivity contribution in [3.8, 4) is 0 Å². The van der Waals surface area contributed by atoms with Crippen molar-refractivity contribution >= 4 is 21.7 Å². The largest absolute Gasteiger partial charge is 0.357 e. The van der Waals surface area contributed by atoms with E-state index in [0.717, 1.165) is 5.82 Å². The van der Waals surface area contributed by atoms with Gasteiger partial charge in [-0.1, -0.05) is 22.0 Å². The maximum atomic E-state index is 4.42. The molecule has 0 N–H and O–H groups in total.